The SMILES string of the molecule is O=C1CC(C(=O)C(F)(F)F)=C2NCCN12. The Morgan fingerprint density at radius 3 is 2.67 bits per heavy atom. The minimum atomic E-state index is -4.91. The Hall–Kier alpha value is -1.53. The van der Waals surface area contributed by atoms with E-state index in [4.69, 9.17) is 0 Å². The van der Waals surface area contributed by atoms with E-state index in [0.29, 0.717) is 13.1 Å². The molecule has 0 unspecified atom stereocenters. The van der Waals surface area contributed by atoms with E-state index < -0.39 is 29.9 Å². The Kier molecular flexibility index (Phi) is 1.99. The van der Waals surface area contributed by atoms with Gasteiger partial charge in [-0.25, -0.2) is 0 Å². The molecule has 82 valence electrons. The van der Waals surface area contributed by atoms with Gasteiger partial charge in [-0.2, -0.15) is 13.2 Å². The van der Waals surface area contributed by atoms with Crippen molar-refractivity contribution in [2.24, 2.45) is 0 Å². The molecule has 2 aliphatic rings. The van der Waals surface area contributed by atoms with E-state index in [0.717, 1.165) is 0 Å². The second-order valence-electron chi connectivity index (χ2n) is 3.30. The molecule has 0 radical (unpaired) electrons. The fourth-order valence-electron chi connectivity index (χ4n) is 1.70. The molecule has 0 spiro atoms. The van der Waals surface area contributed by atoms with Crippen molar-refractivity contribution in [1.82, 2.24) is 10.2 Å². The number of halogens is 3. The molecule has 0 aromatic rings. The Morgan fingerprint density at radius 2 is 2.07 bits per heavy atom. The van der Waals surface area contributed by atoms with E-state index in [1.807, 2.05) is 0 Å². The van der Waals surface area contributed by atoms with Crippen LogP contribution in [0, 0.1) is 0 Å². The van der Waals surface area contributed by atoms with Gasteiger partial charge in [0.15, 0.2) is 0 Å². The number of alkyl halides is 3. The van der Waals surface area contributed by atoms with E-state index in [2.05, 4.69) is 5.32 Å². The number of amides is 1. The molecule has 4 nitrogen and oxygen atoms in total. The lowest BCUT2D eigenvalue weighted by molar-refractivity contribution is -0.166. The predicted molar refractivity (Wildman–Crippen MR) is 42.4 cm³/mol. The summed E-state index contributed by atoms with van der Waals surface area (Å²) in [5.74, 6) is -2.35. The summed E-state index contributed by atoms with van der Waals surface area (Å²) in [5, 5.41) is 2.62. The molecule has 0 aromatic heterocycles. The maximum Gasteiger partial charge on any atom is 0.454 e. The zero-order valence-electron chi connectivity index (χ0n) is 7.52. The summed E-state index contributed by atoms with van der Waals surface area (Å²) >= 11 is 0. The van der Waals surface area contributed by atoms with Gasteiger partial charge in [0.05, 0.1) is 12.0 Å². The third-order valence-corrected chi connectivity index (χ3v) is 2.34. The van der Waals surface area contributed by atoms with Gasteiger partial charge in [-0.3, -0.25) is 14.5 Å². The number of carbonyl (C=O) groups is 2. The van der Waals surface area contributed by atoms with Crippen LogP contribution in [0.15, 0.2) is 11.4 Å². The van der Waals surface area contributed by atoms with Crippen LogP contribution in [0.3, 0.4) is 0 Å². The third kappa shape index (κ3) is 1.47. The van der Waals surface area contributed by atoms with Crippen LogP contribution in [0.2, 0.25) is 0 Å². The van der Waals surface area contributed by atoms with Crippen LogP contribution in [0.5, 0.6) is 0 Å². The maximum atomic E-state index is 12.1. The van der Waals surface area contributed by atoms with Crippen LogP contribution in [-0.4, -0.2) is 35.9 Å². The molecule has 1 N–H and O–H groups in total. The summed E-state index contributed by atoms with van der Waals surface area (Å²) in [5.41, 5.74) is -0.468. The van der Waals surface area contributed by atoms with Gasteiger partial charge in [-0.15, -0.1) is 0 Å². The van der Waals surface area contributed by atoms with Crippen molar-refractivity contribution in [1.29, 1.82) is 0 Å². The number of hydrogen-bond acceptors (Lipinski definition) is 3. The summed E-state index contributed by atoms with van der Waals surface area (Å²) in [6.07, 6.45) is -5.37. The first kappa shape index (κ1) is 10.0. The second kappa shape index (κ2) is 2.98. The van der Waals surface area contributed by atoms with Gasteiger partial charge in [0.25, 0.3) is 5.78 Å². The van der Waals surface area contributed by atoms with Crippen molar-refractivity contribution in [2.75, 3.05) is 13.1 Å². The number of nitrogens with one attached hydrogen (secondary N) is 1. The molecular weight excluding hydrogens is 213 g/mol. The zero-order valence-corrected chi connectivity index (χ0v) is 7.52. The lowest BCUT2D eigenvalue weighted by Crippen LogP contribution is -2.26. The predicted octanol–water partition coefficient (Wildman–Crippen LogP) is 0.165. The van der Waals surface area contributed by atoms with Crippen LogP contribution < -0.4 is 5.32 Å². The molecular formula is C8H7F3N2O2. The fourth-order valence-corrected chi connectivity index (χ4v) is 1.70. The topological polar surface area (TPSA) is 49.4 Å². The fraction of sp³-hybridized carbons (Fsp3) is 0.500. The smallest absolute Gasteiger partial charge is 0.369 e. The minimum Gasteiger partial charge on any atom is -0.369 e. The van der Waals surface area contributed by atoms with Crippen LogP contribution in [0.1, 0.15) is 6.42 Å². The normalized spacial score (nSPS) is 20.7. The lowest BCUT2D eigenvalue weighted by Gasteiger charge is -2.09. The van der Waals surface area contributed by atoms with Crippen molar-refractivity contribution in [3.63, 3.8) is 0 Å². The lowest BCUT2D eigenvalue weighted by atomic mass is 10.1. The Morgan fingerprint density at radius 1 is 1.40 bits per heavy atom. The summed E-state index contributed by atoms with van der Waals surface area (Å²) in [6, 6.07) is 0. The van der Waals surface area contributed by atoms with Crippen LogP contribution in [0.25, 0.3) is 0 Å². The highest BCUT2D eigenvalue weighted by atomic mass is 19.4. The van der Waals surface area contributed by atoms with Crippen LogP contribution in [0.4, 0.5) is 13.2 Å². The Labute approximate surface area is 82.7 Å². The quantitative estimate of drug-likeness (QED) is 0.685. The summed E-state index contributed by atoms with van der Waals surface area (Å²) in [6.45, 7) is 0.707. The molecule has 15 heavy (non-hydrogen) atoms. The average molecular weight is 220 g/mol. The van der Waals surface area contributed by atoms with E-state index in [9.17, 15) is 22.8 Å². The van der Waals surface area contributed by atoms with E-state index in [-0.39, 0.29) is 5.82 Å². The maximum absolute atomic E-state index is 12.1. The Balaban J connectivity index is 2.34. The van der Waals surface area contributed by atoms with E-state index >= 15 is 0 Å². The van der Waals surface area contributed by atoms with Gasteiger partial charge >= 0.3 is 6.18 Å². The number of nitrogens with zero attached hydrogens (tertiary/aromatic N) is 1. The van der Waals surface area contributed by atoms with E-state index in [1.54, 1.807) is 0 Å². The standard InChI is InChI=1S/C8H7F3N2O2/c9-8(10,11)6(15)4-3-5(14)13-2-1-12-7(4)13/h12H,1-3H2. The minimum absolute atomic E-state index is 0.0299. The monoisotopic (exact) mass is 220 g/mol. The summed E-state index contributed by atoms with van der Waals surface area (Å²) in [4.78, 5) is 23.4. The highest BCUT2D eigenvalue weighted by Crippen LogP contribution is 2.31. The van der Waals surface area contributed by atoms with Gasteiger partial charge in [0.2, 0.25) is 5.91 Å². The largest absolute Gasteiger partial charge is 0.454 e. The zero-order chi connectivity index (χ0) is 11.2. The first-order valence-electron chi connectivity index (χ1n) is 4.30. The Bertz CT molecular complexity index is 373. The van der Waals surface area contributed by atoms with Crippen molar-refractivity contribution in [3.05, 3.63) is 11.4 Å². The number of carbonyl (C=O) groups excluding carboxylic acids is 2. The molecule has 0 bridgehead atoms. The number of rotatable bonds is 1. The molecule has 1 amide bonds. The molecule has 7 heteroatoms. The third-order valence-electron chi connectivity index (χ3n) is 2.34. The summed E-state index contributed by atoms with van der Waals surface area (Å²) < 4.78 is 36.4. The average Bonchev–Trinajstić information content (AvgIpc) is 2.67. The van der Waals surface area contributed by atoms with Crippen LogP contribution in [-0.2, 0) is 9.59 Å². The van der Waals surface area contributed by atoms with Gasteiger partial charge in [-0.05, 0) is 0 Å². The highest BCUT2D eigenvalue weighted by Gasteiger charge is 2.47. The molecule has 2 heterocycles. The van der Waals surface area contributed by atoms with Crippen molar-refractivity contribution < 1.29 is 22.8 Å². The first-order valence-corrected chi connectivity index (χ1v) is 4.30. The van der Waals surface area contributed by atoms with Gasteiger partial charge < -0.3 is 5.32 Å². The van der Waals surface area contributed by atoms with Crippen LogP contribution >= 0.6 is 0 Å². The van der Waals surface area contributed by atoms with Gasteiger partial charge in [0.1, 0.15) is 5.82 Å². The molecule has 2 rings (SSSR count). The van der Waals surface area contributed by atoms with Crippen molar-refractivity contribution >= 4 is 11.7 Å². The molecule has 0 aromatic carbocycles. The summed E-state index contributed by atoms with van der Waals surface area (Å²) in [7, 11) is 0. The van der Waals surface area contributed by atoms with E-state index in [1.165, 1.54) is 4.90 Å². The molecule has 1 saturated heterocycles. The molecule has 2 aliphatic heterocycles. The van der Waals surface area contributed by atoms with Crippen molar-refractivity contribution in [2.45, 2.75) is 12.6 Å². The second-order valence-corrected chi connectivity index (χ2v) is 3.30. The number of hydrogen-bond donors (Lipinski definition) is 1. The number of fused-ring (bicyclic) bond motifs is 1. The molecule has 1 fully saturated rings. The number of Topliss-reactive ketones (excluding diaryl/α,β-unsaturated/α-hetero) is 1. The van der Waals surface area contributed by atoms with Gasteiger partial charge in [0, 0.05) is 13.1 Å². The molecule has 0 saturated carbocycles. The van der Waals surface area contributed by atoms with Crippen molar-refractivity contribution in [3.8, 4) is 0 Å². The highest BCUT2D eigenvalue weighted by molar-refractivity contribution is 6.06. The van der Waals surface area contributed by atoms with Gasteiger partial charge in [-0.1, -0.05) is 0 Å². The molecule has 0 aliphatic carbocycles. The first-order chi connectivity index (χ1) is 6.91. The number of ketones is 1. The molecule has 0 atom stereocenters.